The van der Waals surface area contributed by atoms with Crippen LogP contribution in [0.4, 0.5) is 0 Å². The Balaban J connectivity index is 0.00000200. The molecule has 0 bridgehead atoms. The minimum Gasteiger partial charge on any atom is -0.549 e. The molecule has 0 spiro atoms. The summed E-state index contributed by atoms with van der Waals surface area (Å²) in [6.07, 6.45) is 8.52. The smallest absolute Gasteiger partial charge is 0.549 e. The molecule has 0 aromatic carbocycles. The third-order valence-electron chi connectivity index (χ3n) is 5.17. The minimum absolute atomic E-state index is 0. The zero-order valence-electron chi connectivity index (χ0n) is 13.4. The van der Waals surface area contributed by atoms with Crippen LogP contribution in [0.25, 0.3) is 0 Å². The fourth-order valence-electron chi connectivity index (χ4n) is 4.20. The maximum Gasteiger partial charge on any atom is 1.00 e. The van der Waals surface area contributed by atoms with Crippen molar-refractivity contribution in [2.45, 2.75) is 64.2 Å². The minimum atomic E-state index is -1.75. The summed E-state index contributed by atoms with van der Waals surface area (Å²) in [5, 5.41) is 23.5. The molecule has 2 aliphatic carbocycles. The number of aliphatic carboxylic acids is 2. The predicted octanol–water partition coefficient (Wildman–Crippen LogP) is -5.36. The zero-order chi connectivity index (χ0) is 13.9. The van der Waals surface area contributed by atoms with Gasteiger partial charge in [0.1, 0.15) is 0 Å². The Labute approximate surface area is 191 Å². The first kappa shape index (κ1) is 22.6. The molecule has 2 rings (SSSR count). The van der Waals surface area contributed by atoms with E-state index < -0.39 is 17.4 Å². The van der Waals surface area contributed by atoms with Gasteiger partial charge in [0.2, 0.25) is 0 Å². The summed E-state index contributed by atoms with van der Waals surface area (Å²) >= 11 is 0. The molecule has 0 aromatic heterocycles. The van der Waals surface area contributed by atoms with Crippen LogP contribution in [0.3, 0.4) is 0 Å². The van der Waals surface area contributed by atoms with E-state index in [9.17, 15) is 19.8 Å². The van der Waals surface area contributed by atoms with E-state index in [0.29, 0.717) is 25.7 Å². The van der Waals surface area contributed by atoms with Gasteiger partial charge < -0.3 is 19.8 Å². The molecule has 6 heteroatoms. The Kier molecular flexibility index (Phi) is 11.2. The maximum absolute atomic E-state index is 11.7. The van der Waals surface area contributed by atoms with Crippen LogP contribution in [-0.2, 0) is 9.59 Å². The third kappa shape index (κ3) is 4.78. The van der Waals surface area contributed by atoms with Crippen LogP contribution in [0.2, 0.25) is 0 Å². The van der Waals surface area contributed by atoms with Crippen LogP contribution in [-0.4, -0.2) is 11.9 Å². The predicted molar refractivity (Wildman–Crippen MR) is 65.6 cm³/mol. The van der Waals surface area contributed by atoms with Gasteiger partial charge in [-0.1, -0.05) is 38.5 Å². The van der Waals surface area contributed by atoms with E-state index in [1.165, 1.54) is 0 Å². The third-order valence-corrected chi connectivity index (χ3v) is 5.17. The van der Waals surface area contributed by atoms with E-state index in [4.69, 9.17) is 0 Å². The molecule has 2 saturated carbocycles. The summed E-state index contributed by atoms with van der Waals surface area (Å²) < 4.78 is 0. The quantitative estimate of drug-likeness (QED) is 0.381. The normalized spacial score (nSPS) is 21.0. The van der Waals surface area contributed by atoms with Gasteiger partial charge in [0, 0.05) is 0 Å². The summed E-state index contributed by atoms with van der Waals surface area (Å²) in [5.41, 5.74) is -1.75. The van der Waals surface area contributed by atoms with Crippen LogP contribution in [0.15, 0.2) is 0 Å². The molecular weight excluding hydrogens is 306 g/mol. The van der Waals surface area contributed by atoms with Gasteiger partial charge in [-0.3, -0.25) is 0 Å². The average molecular weight is 328 g/mol. The molecule has 0 amide bonds. The Morgan fingerprint density at radius 1 is 0.714 bits per heavy atom. The van der Waals surface area contributed by atoms with Gasteiger partial charge in [0.25, 0.3) is 0 Å². The molecule has 0 aliphatic heterocycles. The van der Waals surface area contributed by atoms with Crippen molar-refractivity contribution in [3.05, 3.63) is 0 Å². The van der Waals surface area contributed by atoms with Crippen molar-refractivity contribution >= 4 is 11.9 Å². The van der Waals surface area contributed by atoms with E-state index in [0.717, 1.165) is 38.5 Å². The zero-order valence-corrected chi connectivity index (χ0v) is 18.5. The number of carbonyl (C=O) groups excluding carboxylic acids is 2. The van der Waals surface area contributed by atoms with Gasteiger partial charge in [0.05, 0.1) is 17.4 Å². The molecule has 0 saturated heterocycles. The van der Waals surface area contributed by atoms with Crippen molar-refractivity contribution in [2.24, 2.45) is 17.3 Å². The number of carboxylic acids is 2. The monoisotopic (exact) mass is 328 g/mol. The van der Waals surface area contributed by atoms with E-state index >= 15 is 0 Å². The summed E-state index contributed by atoms with van der Waals surface area (Å²) in [7, 11) is 0. The molecule has 0 heterocycles. The summed E-state index contributed by atoms with van der Waals surface area (Å²) in [6, 6.07) is 0. The van der Waals surface area contributed by atoms with E-state index in [-0.39, 0.29) is 92.8 Å². The van der Waals surface area contributed by atoms with Crippen molar-refractivity contribution in [3.63, 3.8) is 0 Å². The van der Waals surface area contributed by atoms with E-state index in [1.807, 2.05) is 0 Å². The van der Waals surface area contributed by atoms with Crippen LogP contribution in [0.5, 0.6) is 0 Å². The van der Waals surface area contributed by atoms with Crippen molar-refractivity contribution in [2.75, 3.05) is 0 Å². The molecule has 4 nitrogen and oxygen atoms in total. The number of carboxylic acid groups (broad SMARTS) is 2. The van der Waals surface area contributed by atoms with Gasteiger partial charge >= 0.3 is 80.9 Å². The summed E-state index contributed by atoms with van der Waals surface area (Å²) in [4.78, 5) is 23.5. The Morgan fingerprint density at radius 3 is 1.24 bits per heavy atom. The fraction of sp³-hybridized carbons (Fsp3) is 0.867. The Bertz CT molecular complexity index is 316. The Morgan fingerprint density at radius 2 is 1.00 bits per heavy atom. The molecule has 0 aromatic rings. The maximum atomic E-state index is 11.7. The van der Waals surface area contributed by atoms with E-state index in [2.05, 4.69) is 0 Å². The van der Waals surface area contributed by atoms with Crippen molar-refractivity contribution in [1.82, 2.24) is 0 Å². The summed E-state index contributed by atoms with van der Waals surface area (Å²) in [6.45, 7) is 0. The first-order chi connectivity index (χ1) is 9.10. The SMILES string of the molecule is O=C([O-])C(C(=O)[O-])(C1CCCCC1)C1CCCCC1.[K+].[Na+]. The molecule has 0 N–H and O–H groups in total. The van der Waals surface area contributed by atoms with Gasteiger partial charge in [-0.2, -0.15) is 0 Å². The largest absolute Gasteiger partial charge is 1.00 e. The Hall–Kier alpha value is 1.58. The first-order valence-corrected chi connectivity index (χ1v) is 7.53. The van der Waals surface area contributed by atoms with Crippen LogP contribution in [0.1, 0.15) is 64.2 Å². The van der Waals surface area contributed by atoms with E-state index in [1.54, 1.807) is 0 Å². The molecule has 2 aliphatic rings. The molecule has 21 heavy (non-hydrogen) atoms. The number of carbonyl (C=O) groups is 2. The van der Waals surface area contributed by atoms with Crippen LogP contribution < -0.4 is 91.2 Å². The molecule has 108 valence electrons. The van der Waals surface area contributed by atoms with Crippen LogP contribution >= 0.6 is 0 Å². The van der Waals surface area contributed by atoms with Crippen molar-refractivity contribution < 1.29 is 101 Å². The molecule has 0 atom stereocenters. The van der Waals surface area contributed by atoms with Crippen LogP contribution in [0, 0.1) is 17.3 Å². The molecular formula is C15H22KNaO4. The van der Waals surface area contributed by atoms with Gasteiger partial charge in [-0.05, 0) is 37.5 Å². The number of hydrogen-bond donors (Lipinski definition) is 0. The number of rotatable bonds is 4. The topological polar surface area (TPSA) is 80.3 Å². The fourth-order valence-corrected chi connectivity index (χ4v) is 4.20. The summed E-state index contributed by atoms with van der Waals surface area (Å²) in [5.74, 6) is -3.43. The second-order valence-electron chi connectivity index (χ2n) is 6.11. The second-order valence-corrected chi connectivity index (χ2v) is 6.11. The van der Waals surface area contributed by atoms with Gasteiger partial charge in [0.15, 0.2) is 0 Å². The van der Waals surface area contributed by atoms with Gasteiger partial charge in [-0.15, -0.1) is 0 Å². The van der Waals surface area contributed by atoms with Crippen molar-refractivity contribution in [3.8, 4) is 0 Å². The first-order valence-electron chi connectivity index (χ1n) is 7.53. The standard InChI is InChI=1S/C15H24O4.K.Na/c16-13(17)15(14(18)19,11-7-3-1-4-8-11)12-9-5-2-6-10-12;;/h11-12H,1-10H2,(H,16,17)(H,18,19);;/q;2*+1/p-2. The second kappa shape index (κ2) is 10.4. The molecule has 0 radical (unpaired) electrons. The van der Waals surface area contributed by atoms with Crippen molar-refractivity contribution in [1.29, 1.82) is 0 Å². The number of hydrogen-bond acceptors (Lipinski definition) is 4. The van der Waals surface area contributed by atoms with Gasteiger partial charge in [-0.25, -0.2) is 0 Å². The molecule has 0 unspecified atom stereocenters. The average Bonchev–Trinajstić information content (AvgIpc) is 2.41. The molecule has 2 fully saturated rings.